The Morgan fingerprint density at radius 2 is 1.94 bits per heavy atom. The summed E-state index contributed by atoms with van der Waals surface area (Å²) in [5.41, 5.74) is 1.87. The molecule has 0 spiro atoms. The average Bonchev–Trinajstić information content (AvgIpc) is 3.27. The van der Waals surface area contributed by atoms with Crippen LogP contribution >= 0.6 is 23.1 Å². The monoisotopic (exact) mass is 483 g/mol. The van der Waals surface area contributed by atoms with E-state index in [1.54, 1.807) is 18.2 Å². The minimum Gasteiger partial charge on any atom is -0.343 e. The van der Waals surface area contributed by atoms with Crippen LogP contribution in [0.3, 0.4) is 0 Å². The molecule has 2 heterocycles. The van der Waals surface area contributed by atoms with Crippen LogP contribution in [0.4, 0.5) is 10.8 Å². The molecule has 1 aliphatic heterocycles. The normalized spacial score (nSPS) is 16.4. The second-order valence-corrected chi connectivity index (χ2v) is 8.97. The smallest absolute Gasteiger partial charge is 0.269 e. The zero-order chi connectivity index (χ0) is 23.4. The summed E-state index contributed by atoms with van der Waals surface area (Å²) >= 11 is 7.32. The highest BCUT2D eigenvalue weighted by Gasteiger charge is 2.28. The highest BCUT2D eigenvalue weighted by atomic mass is 35.5. The fraction of sp³-hybridized carbons (Fsp3) is 0.261. The molecule has 0 N–H and O–H groups in total. The third kappa shape index (κ3) is 5.74. The maximum absolute atomic E-state index is 12.7. The number of non-ortho nitro benzene ring substituents is 1. The second-order valence-electron chi connectivity index (χ2n) is 7.81. The van der Waals surface area contributed by atoms with Crippen LogP contribution in [0.15, 0.2) is 54.6 Å². The number of nitro benzene ring substituents is 1. The molecule has 1 aliphatic rings. The first-order valence-corrected chi connectivity index (χ1v) is 11.6. The second kappa shape index (κ2) is 10.1. The maximum Gasteiger partial charge on any atom is 0.269 e. The first-order valence-electron chi connectivity index (χ1n) is 10.4. The fourth-order valence-electron chi connectivity index (χ4n) is 3.66. The van der Waals surface area contributed by atoms with E-state index in [-0.39, 0.29) is 17.6 Å². The van der Waals surface area contributed by atoms with Gasteiger partial charge >= 0.3 is 0 Å². The van der Waals surface area contributed by atoms with E-state index in [1.165, 1.54) is 29.7 Å². The molecule has 33 heavy (non-hydrogen) atoms. The third-order valence-corrected chi connectivity index (χ3v) is 6.50. The lowest BCUT2D eigenvalue weighted by Gasteiger charge is -2.39. The van der Waals surface area contributed by atoms with E-state index < -0.39 is 4.92 Å². The van der Waals surface area contributed by atoms with Crippen LogP contribution in [0, 0.1) is 10.1 Å². The number of nitro groups is 1. The SMILES string of the molecule is CC1CN(c2nc(Cc3ccc(Cl)cc3)ns2)CCN1C(=O)/C=C/c1ccc([N+](=O)[O-])cc1. The molecular formula is C23H22ClN5O3S. The van der Waals surface area contributed by atoms with E-state index >= 15 is 0 Å². The van der Waals surface area contributed by atoms with E-state index in [0.29, 0.717) is 31.1 Å². The Kier molecular flexibility index (Phi) is 7.00. The summed E-state index contributed by atoms with van der Waals surface area (Å²) in [4.78, 5) is 31.7. The standard InChI is InChI=1S/C23H22ClN5O3S/c1-16-15-27(23-25-21(26-33-23)14-18-2-7-19(24)8-3-18)12-13-28(16)22(30)11-6-17-4-9-20(10-5-17)29(31)32/h2-11,16H,12-15H2,1H3/b11-6+. The third-order valence-electron chi connectivity index (χ3n) is 5.44. The zero-order valence-electron chi connectivity index (χ0n) is 17.9. The fourth-order valence-corrected chi connectivity index (χ4v) is 4.50. The molecule has 170 valence electrons. The number of anilines is 1. The number of carbonyl (C=O) groups is 1. The van der Waals surface area contributed by atoms with Gasteiger partial charge in [-0.25, -0.2) is 4.98 Å². The van der Waals surface area contributed by atoms with Crippen LogP contribution in [-0.2, 0) is 11.2 Å². The molecule has 2 aromatic carbocycles. The predicted octanol–water partition coefficient (Wildman–Crippen LogP) is 4.44. The van der Waals surface area contributed by atoms with Crippen molar-refractivity contribution in [2.75, 3.05) is 24.5 Å². The van der Waals surface area contributed by atoms with Crippen LogP contribution in [-0.4, -0.2) is 50.8 Å². The van der Waals surface area contributed by atoms with Crippen molar-refractivity contribution in [3.05, 3.63) is 86.7 Å². The number of aromatic nitrogens is 2. The van der Waals surface area contributed by atoms with Gasteiger partial charge in [0.25, 0.3) is 5.69 Å². The number of halogens is 1. The van der Waals surface area contributed by atoms with E-state index in [4.69, 9.17) is 11.6 Å². The summed E-state index contributed by atoms with van der Waals surface area (Å²) in [6, 6.07) is 13.8. The zero-order valence-corrected chi connectivity index (χ0v) is 19.5. The number of rotatable bonds is 6. The van der Waals surface area contributed by atoms with Crippen molar-refractivity contribution in [1.82, 2.24) is 14.3 Å². The summed E-state index contributed by atoms with van der Waals surface area (Å²) in [7, 11) is 0. The van der Waals surface area contributed by atoms with Gasteiger partial charge in [-0.05, 0) is 48.4 Å². The van der Waals surface area contributed by atoms with Crippen LogP contribution in [0.25, 0.3) is 6.08 Å². The molecule has 1 aromatic heterocycles. The Morgan fingerprint density at radius 1 is 1.21 bits per heavy atom. The molecule has 1 atom stereocenters. The molecule has 3 aromatic rings. The van der Waals surface area contributed by atoms with Crippen molar-refractivity contribution >= 4 is 45.9 Å². The van der Waals surface area contributed by atoms with Gasteiger partial charge < -0.3 is 9.80 Å². The molecule has 0 radical (unpaired) electrons. The largest absolute Gasteiger partial charge is 0.343 e. The summed E-state index contributed by atoms with van der Waals surface area (Å²) < 4.78 is 4.49. The minimum atomic E-state index is -0.446. The first kappa shape index (κ1) is 22.9. The van der Waals surface area contributed by atoms with Crippen molar-refractivity contribution in [3.8, 4) is 0 Å². The van der Waals surface area contributed by atoms with Crippen LogP contribution in [0.5, 0.6) is 0 Å². The molecule has 10 heteroatoms. The van der Waals surface area contributed by atoms with Crippen molar-refractivity contribution in [3.63, 3.8) is 0 Å². The summed E-state index contributed by atoms with van der Waals surface area (Å²) in [6.45, 7) is 3.94. The van der Waals surface area contributed by atoms with E-state index in [2.05, 4.69) is 14.3 Å². The van der Waals surface area contributed by atoms with Crippen molar-refractivity contribution in [2.24, 2.45) is 0 Å². The van der Waals surface area contributed by atoms with Crippen molar-refractivity contribution in [1.29, 1.82) is 0 Å². The number of carbonyl (C=O) groups excluding carboxylic acids is 1. The van der Waals surface area contributed by atoms with Gasteiger partial charge in [-0.2, -0.15) is 4.37 Å². The highest BCUT2D eigenvalue weighted by molar-refractivity contribution is 7.09. The molecule has 0 aliphatic carbocycles. The molecule has 0 bridgehead atoms. The van der Waals surface area contributed by atoms with E-state index in [0.717, 1.165) is 22.1 Å². The Morgan fingerprint density at radius 3 is 2.61 bits per heavy atom. The van der Waals surface area contributed by atoms with Gasteiger partial charge in [0.05, 0.1) is 4.92 Å². The lowest BCUT2D eigenvalue weighted by molar-refractivity contribution is -0.384. The Bertz CT molecular complexity index is 1160. The average molecular weight is 484 g/mol. The molecule has 4 rings (SSSR count). The van der Waals surface area contributed by atoms with Gasteiger partial charge in [0, 0.05) is 66.9 Å². The van der Waals surface area contributed by atoms with E-state index in [1.807, 2.05) is 36.1 Å². The summed E-state index contributed by atoms with van der Waals surface area (Å²) in [5.74, 6) is 0.690. The lowest BCUT2D eigenvalue weighted by Crippen LogP contribution is -2.53. The number of benzene rings is 2. The summed E-state index contributed by atoms with van der Waals surface area (Å²) in [5, 5.41) is 12.3. The van der Waals surface area contributed by atoms with Gasteiger partial charge in [0.15, 0.2) is 0 Å². The summed E-state index contributed by atoms with van der Waals surface area (Å²) in [6.07, 6.45) is 3.84. The van der Waals surface area contributed by atoms with Gasteiger partial charge in [-0.15, -0.1) is 0 Å². The number of nitrogens with zero attached hydrogens (tertiary/aromatic N) is 5. The van der Waals surface area contributed by atoms with Crippen molar-refractivity contribution in [2.45, 2.75) is 19.4 Å². The predicted molar refractivity (Wildman–Crippen MR) is 130 cm³/mol. The van der Waals surface area contributed by atoms with Crippen molar-refractivity contribution < 1.29 is 9.72 Å². The quantitative estimate of drug-likeness (QED) is 0.292. The van der Waals surface area contributed by atoms with Gasteiger partial charge in [0.1, 0.15) is 5.82 Å². The number of amides is 1. The molecule has 1 fully saturated rings. The Hall–Kier alpha value is -3.30. The molecule has 0 saturated carbocycles. The number of hydrogen-bond acceptors (Lipinski definition) is 7. The Labute approximate surface area is 200 Å². The topological polar surface area (TPSA) is 92.5 Å². The molecule has 1 unspecified atom stereocenters. The number of piperazine rings is 1. The molecular weight excluding hydrogens is 462 g/mol. The molecule has 1 amide bonds. The first-order chi connectivity index (χ1) is 15.9. The lowest BCUT2D eigenvalue weighted by atomic mass is 10.1. The molecule has 8 nitrogen and oxygen atoms in total. The maximum atomic E-state index is 12.7. The van der Waals surface area contributed by atoms with Crippen LogP contribution < -0.4 is 4.90 Å². The van der Waals surface area contributed by atoms with Crippen LogP contribution in [0.2, 0.25) is 5.02 Å². The Balaban J connectivity index is 1.33. The van der Waals surface area contributed by atoms with Gasteiger partial charge in [-0.3, -0.25) is 14.9 Å². The van der Waals surface area contributed by atoms with E-state index in [9.17, 15) is 14.9 Å². The highest BCUT2D eigenvalue weighted by Crippen LogP contribution is 2.23. The van der Waals surface area contributed by atoms with Gasteiger partial charge in [0.2, 0.25) is 11.0 Å². The molecule has 1 saturated heterocycles. The minimum absolute atomic E-state index is 0.0105. The van der Waals surface area contributed by atoms with Gasteiger partial charge in [-0.1, -0.05) is 23.7 Å². The van der Waals surface area contributed by atoms with Crippen LogP contribution in [0.1, 0.15) is 23.9 Å². The number of hydrogen-bond donors (Lipinski definition) is 0.